The number of aromatic hydroxyl groups is 1. The van der Waals surface area contributed by atoms with Gasteiger partial charge >= 0.3 is 0 Å². The fraction of sp³-hybridized carbons (Fsp3) is 0.200. The Labute approximate surface area is 138 Å². The summed E-state index contributed by atoms with van der Waals surface area (Å²) >= 11 is 0. The van der Waals surface area contributed by atoms with Crippen molar-refractivity contribution in [1.29, 1.82) is 0 Å². The molecule has 4 heteroatoms. The summed E-state index contributed by atoms with van der Waals surface area (Å²) in [6.07, 6.45) is 0. The highest BCUT2D eigenvalue weighted by Gasteiger charge is 2.32. The molecule has 4 nitrogen and oxygen atoms in total. The van der Waals surface area contributed by atoms with Crippen LogP contribution in [0.25, 0.3) is 32.3 Å². The van der Waals surface area contributed by atoms with Gasteiger partial charge in [0.05, 0.1) is 22.1 Å². The fourth-order valence-corrected chi connectivity index (χ4v) is 4.49. The maximum atomic E-state index is 10.7. The molecule has 0 atom stereocenters. The van der Waals surface area contributed by atoms with Crippen molar-refractivity contribution in [3.63, 3.8) is 0 Å². The number of anilines is 2. The number of benzene rings is 4. The van der Waals surface area contributed by atoms with E-state index in [0.717, 1.165) is 40.7 Å². The maximum Gasteiger partial charge on any atom is 0.161 e. The highest BCUT2D eigenvalue weighted by Crippen LogP contribution is 2.54. The van der Waals surface area contributed by atoms with Crippen molar-refractivity contribution >= 4 is 43.7 Å². The lowest BCUT2D eigenvalue weighted by Gasteiger charge is -2.41. The summed E-state index contributed by atoms with van der Waals surface area (Å²) in [7, 11) is 2.11. The summed E-state index contributed by atoms with van der Waals surface area (Å²) in [6.45, 7) is 2.43. The first kappa shape index (κ1) is 12.5. The summed E-state index contributed by atoms with van der Waals surface area (Å²) in [5.74, 6) is 1.30. The number of phenols is 1. The standard InChI is InChI=1S/C20H16N2O2/c1-21-8-9-22-10-24-14-7-5-12-3-2-11-4-6-13(23)17-15(11)16(12)18(14)20(22)19(17)21/h2-7,23H,8-10H2,1H3. The SMILES string of the molecule is CN1CCN2COc3ccc4ccc5ccc(O)c6c1c2c3c4c56. The van der Waals surface area contributed by atoms with Crippen LogP contribution in [0.5, 0.6) is 11.5 Å². The molecule has 1 N–H and O–H groups in total. The van der Waals surface area contributed by atoms with Crippen LogP contribution in [0.2, 0.25) is 0 Å². The first-order valence-corrected chi connectivity index (χ1v) is 8.29. The summed E-state index contributed by atoms with van der Waals surface area (Å²) < 4.78 is 6.04. The van der Waals surface area contributed by atoms with Gasteiger partial charge in [-0.25, -0.2) is 0 Å². The van der Waals surface area contributed by atoms with E-state index < -0.39 is 0 Å². The van der Waals surface area contributed by atoms with Crippen molar-refractivity contribution < 1.29 is 9.84 Å². The summed E-state index contributed by atoms with van der Waals surface area (Å²) in [6, 6.07) is 12.3. The van der Waals surface area contributed by atoms with Crippen LogP contribution in [0.3, 0.4) is 0 Å². The van der Waals surface area contributed by atoms with Gasteiger partial charge in [-0.2, -0.15) is 0 Å². The number of nitrogens with zero attached hydrogens (tertiary/aromatic N) is 2. The number of likely N-dealkylation sites (N-methyl/N-ethyl adjacent to an activating group) is 1. The molecule has 0 bridgehead atoms. The number of fused-ring (bicyclic) bond motifs is 1. The van der Waals surface area contributed by atoms with Crippen LogP contribution in [-0.4, -0.2) is 32.0 Å². The third-order valence-electron chi connectivity index (χ3n) is 5.58. The van der Waals surface area contributed by atoms with E-state index in [1.165, 1.54) is 21.8 Å². The Morgan fingerprint density at radius 2 is 1.54 bits per heavy atom. The molecular weight excluding hydrogens is 300 g/mol. The Morgan fingerprint density at radius 1 is 0.833 bits per heavy atom. The molecule has 0 spiro atoms. The second-order valence-electron chi connectivity index (χ2n) is 6.82. The Balaban J connectivity index is 2.03. The van der Waals surface area contributed by atoms with E-state index in [0.29, 0.717) is 12.5 Å². The zero-order chi connectivity index (χ0) is 16.0. The van der Waals surface area contributed by atoms with Crippen molar-refractivity contribution in [2.45, 2.75) is 0 Å². The second kappa shape index (κ2) is 3.96. The van der Waals surface area contributed by atoms with Crippen LogP contribution in [-0.2, 0) is 0 Å². The Kier molecular flexibility index (Phi) is 2.07. The van der Waals surface area contributed by atoms with Gasteiger partial charge in [-0.05, 0) is 22.9 Å². The molecule has 0 aliphatic carbocycles. The minimum absolute atomic E-state index is 0.355. The number of phenolic OH excluding ortho intramolecular Hbond substituents is 1. The number of ether oxygens (including phenoxy) is 1. The Bertz CT molecular complexity index is 1120. The van der Waals surface area contributed by atoms with E-state index >= 15 is 0 Å². The molecule has 118 valence electrons. The Morgan fingerprint density at radius 3 is 2.38 bits per heavy atom. The fourth-order valence-electron chi connectivity index (χ4n) is 4.49. The van der Waals surface area contributed by atoms with Crippen LogP contribution >= 0.6 is 0 Å². The molecule has 4 aromatic rings. The number of rotatable bonds is 0. The predicted molar refractivity (Wildman–Crippen MR) is 97.9 cm³/mol. The van der Waals surface area contributed by atoms with Gasteiger partial charge in [0.1, 0.15) is 11.5 Å². The molecular formula is C20H16N2O2. The third-order valence-corrected chi connectivity index (χ3v) is 5.58. The molecule has 0 radical (unpaired) electrons. The average Bonchev–Trinajstić information content (AvgIpc) is 2.61. The lowest BCUT2D eigenvalue weighted by molar-refractivity contribution is 0.309. The lowest BCUT2D eigenvalue weighted by Crippen LogP contribution is -2.42. The Hall–Kier alpha value is -2.88. The quantitative estimate of drug-likeness (QED) is 0.499. The van der Waals surface area contributed by atoms with E-state index in [2.05, 4.69) is 41.1 Å². The minimum atomic E-state index is 0.355. The molecule has 0 amide bonds. The van der Waals surface area contributed by atoms with Crippen LogP contribution in [0, 0.1) is 0 Å². The molecule has 4 aromatic carbocycles. The van der Waals surface area contributed by atoms with Gasteiger partial charge in [0.2, 0.25) is 0 Å². The minimum Gasteiger partial charge on any atom is -0.507 e. The summed E-state index contributed by atoms with van der Waals surface area (Å²) in [5.41, 5.74) is 2.33. The second-order valence-corrected chi connectivity index (χ2v) is 6.82. The lowest BCUT2D eigenvalue weighted by atomic mass is 9.89. The molecule has 0 fully saturated rings. The van der Waals surface area contributed by atoms with Gasteiger partial charge < -0.3 is 19.6 Å². The van der Waals surface area contributed by atoms with Gasteiger partial charge in [0.15, 0.2) is 6.73 Å². The highest BCUT2D eigenvalue weighted by atomic mass is 16.5. The summed E-state index contributed by atoms with van der Waals surface area (Å²) in [4.78, 5) is 4.56. The van der Waals surface area contributed by atoms with Crippen molar-refractivity contribution in [2.24, 2.45) is 0 Å². The monoisotopic (exact) mass is 316 g/mol. The predicted octanol–water partition coefficient (Wildman–Crippen LogP) is 3.90. The first-order chi connectivity index (χ1) is 11.7. The van der Waals surface area contributed by atoms with Crippen molar-refractivity contribution in [1.82, 2.24) is 0 Å². The van der Waals surface area contributed by atoms with E-state index in [-0.39, 0.29) is 0 Å². The van der Waals surface area contributed by atoms with Crippen molar-refractivity contribution in [3.05, 3.63) is 36.4 Å². The molecule has 2 heterocycles. The molecule has 0 saturated heterocycles. The van der Waals surface area contributed by atoms with Crippen LogP contribution in [0.4, 0.5) is 11.4 Å². The molecule has 0 saturated carbocycles. The molecule has 24 heavy (non-hydrogen) atoms. The number of hydrogen-bond acceptors (Lipinski definition) is 4. The first-order valence-electron chi connectivity index (χ1n) is 8.29. The van der Waals surface area contributed by atoms with Gasteiger partial charge in [-0.15, -0.1) is 0 Å². The normalized spacial score (nSPS) is 16.4. The zero-order valence-electron chi connectivity index (χ0n) is 13.3. The largest absolute Gasteiger partial charge is 0.507 e. The van der Waals surface area contributed by atoms with Gasteiger partial charge in [-0.1, -0.05) is 24.3 Å². The van der Waals surface area contributed by atoms with Gasteiger partial charge in [0, 0.05) is 30.9 Å². The molecule has 0 aromatic heterocycles. The van der Waals surface area contributed by atoms with Gasteiger partial charge in [-0.3, -0.25) is 0 Å². The topological polar surface area (TPSA) is 35.9 Å². The average molecular weight is 316 g/mol. The van der Waals surface area contributed by atoms with Crippen LogP contribution in [0.1, 0.15) is 0 Å². The molecule has 2 aliphatic heterocycles. The van der Waals surface area contributed by atoms with E-state index in [1.807, 2.05) is 12.1 Å². The van der Waals surface area contributed by atoms with Crippen molar-refractivity contribution in [2.75, 3.05) is 36.7 Å². The van der Waals surface area contributed by atoms with Crippen LogP contribution in [0.15, 0.2) is 36.4 Å². The van der Waals surface area contributed by atoms with Gasteiger partial charge in [0.25, 0.3) is 0 Å². The molecule has 6 rings (SSSR count). The van der Waals surface area contributed by atoms with E-state index in [9.17, 15) is 5.11 Å². The van der Waals surface area contributed by atoms with E-state index in [1.54, 1.807) is 0 Å². The smallest absolute Gasteiger partial charge is 0.161 e. The summed E-state index contributed by atoms with van der Waals surface area (Å²) in [5, 5.41) is 17.6. The maximum absolute atomic E-state index is 10.7. The molecule has 2 aliphatic rings. The van der Waals surface area contributed by atoms with Crippen molar-refractivity contribution in [3.8, 4) is 11.5 Å². The number of hydrogen-bond donors (Lipinski definition) is 1. The van der Waals surface area contributed by atoms with Crippen LogP contribution < -0.4 is 14.5 Å². The highest BCUT2D eigenvalue weighted by molar-refractivity contribution is 6.33. The zero-order valence-corrected chi connectivity index (χ0v) is 13.3. The third kappa shape index (κ3) is 1.28. The molecule has 0 unspecified atom stereocenters. The van der Waals surface area contributed by atoms with E-state index in [4.69, 9.17) is 4.74 Å².